The van der Waals surface area contributed by atoms with E-state index in [-0.39, 0.29) is 85.4 Å². The molecule has 656 valence electrons. The molecule has 12 atom stereocenters. The van der Waals surface area contributed by atoms with E-state index in [1.165, 1.54) is 11.1 Å². The maximum Gasteiger partial charge on any atom is 0.415 e. The summed E-state index contributed by atoms with van der Waals surface area (Å²) in [6.45, 7) is 17.4. The molecule has 12 N–H and O–H groups in total. The van der Waals surface area contributed by atoms with E-state index in [1.54, 1.807) is 72.6 Å². The van der Waals surface area contributed by atoms with Gasteiger partial charge in [-0.15, -0.1) is 0 Å². The van der Waals surface area contributed by atoms with Crippen LogP contribution >= 0.6 is 0 Å². The number of nitrogens with two attached hydrogens (primary N) is 4. The maximum absolute atomic E-state index is 15.6. The summed E-state index contributed by atoms with van der Waals surface area (Å²) < 4.78 is 51.6. The van der Waals surface area contributed by atoms with Crippen molar-refractivity contribution in [1.29, 1.82) is 10.8 Å². The van der Waals surface area contributed by atoms with Crippen LogP contribution in [0.1, 0.15) is 139 Å². The number of nitrogens with one attached hydrogen (secondary N) is 4. The highest BCUT2D eigenvalue weighted by atomic mass is 16.6. The number of amides is 4. The van der Waals surface area contributed by atoms with E-state index in [0.717, 1.165) is 61.0 Å². The van der Waals surface area contributed by atoms with Gasteiger partial charge in [0, 0.05) is 99.2 Å². The molecule has 0 radical (unpaired) electrons. The monoisotopic (exact) mass is 1670 g/mol. The fourth-order valence-electron chi connectivity index (χ4n) is 21.7. The van der Waals surface area contributed by atoms with Crippen molar-refractivity contribution in [3.05, 3.63) is 130 Å². The topological polar surface area (TPSA) is 378 Å². The lowest BCUT2D eigenvalue weighted by atomic mass is 9.45. The quantitative estimate of drug-likeness (QED) is 0.0101. The van der Waals surface area contributed by atoms with Gasteiger partial charge in [-0.3, -0.25) is 49.6 Å². The minimum absolute atomic E-state index is 0.0282. The minimum atomic E-state index is -0.962. The van der Waals surface area contributed by atoms with Crippen LogP contribution in [0.2, 0.25) is 0 Å². The van der Waals surface area contributed by atoms with Gasteiger partial charge in [0.15, 0.2) is 35.2 Å². The molecule has 4 saturated heterocycles. The van der Waals surface area contributed by atoms with E-state index >= 15 is 19.2 Å². The summed E-state index contributed by atoms with van der Waals surface area (Å²) in [5.74, 6) is 2.98. The predicted molar refractivity (Wildman–Crippen MR) is 459 cm³/mol. The first kappa shape index (κ1) is 87.9. The molecule has 4 fully saturated rings. The van der Waals surface area contributed by atoms with Crippen molar-refractivity contribution < 1.29 is 66.7 Å². The Kier molecular flexibility index (Phi) is 25.8. The number of benzene rings is 4. The number of piperazine rings is 2. The number of likely N-dealkylation sites (N-methyl/N-ethyl adjacent to an activating group) is 4. The number of rotatable bonds is 34. The number of esters is 2. The van der Waals surface area contributed by atoms with E-state index in [9.17, 15) is 9.59 Å². The van der Waals surface area contributed by atoms with Gasteiger partial charge in [0.1, 0.15) is 23.0 Å². The molecular weight excluding hydrogens is 1540 g/mol. The Morgan fingerprint density at radius 2 is 0.950 bits per heavy atom. The molecule has 4 aromatic rings. The Morgan fingerprint density at radius 3 is 1.31 bits per heavy atom. The van der Waals surface area contributed by atoms with Gasteiger partial charge in [-0.05, 0) is 243 Å². The van der Waals surface area contributed by atoms with Crippen molar-refractivity contribution in [2.45, 2.75) is 191 Å². The first-order valence-corrected chi connectivity index (χ1v) is 43.3. The number of methoxy groups -OCH3 is 2. The van der Waals surface area contributed by atoms with Gasteiger partial charge in [-0.2, -0.15) is 0 Å². The zero-order valence-corrected chi connectivity index (χ0v) is 72.8. The van der Waals surface area contributed by atoms with Gasteiger partial charge in [0.05, 0.1) is 78.4 Å². The van der Waals surface area contributed by atoms with Gasteiger partial charge in [-0.25, -0.2) is 9.59 Å². The Morgan fingerprint density at radius 1 is 0.562 bits per heavy atom. The molecular formula is C91H128N16O14. The van der Waals surface area contributed by atoms with E-state index < -0.39 is 82.2 Å². The molecule has 4 aliphatic carbocycles. The molecule has 4 amide bonds. The number of allylic oxidation sites excluding steroid dienone is 2. The highest BCUT2D eigenvalue weighted by molar-refractivity contribution is 5.84. The highest BCUT2D eigenvalue weighted by Crippen LogP contribution is 2.71. The van der Waals surface area contributed by atoms with Crippen LogP contribution in [0.5, 0.6) is 34.5 Å². The number of hydrogen-bond acceptors (Lipinski definition) is 24. The lowest BCUT2D eigenvalue weighted by Crippen LogP contribution is -2.69. The number of carbonyl (C=O) groups is 6. The third kappa shape index (κ3) is 16.8. The van der Waals surface area contributed by atoms with E-state index in [0.29, 0.717) is 156 Å². The summed E-state index contributed by atoms with van der Waals surface area (Å²) in [5.41, 5.74) is 26.5. The zero-order valence-electron chi connectivity index (χ0n) is 72.8. The van der Waals surface area contributed by atoms with Crippen molar-refractivity contribution in [2.24, 2.45) is 44.6 Å². The molecule has 6 aliphatic heterocycles. The predicted octanol–water partition coefficient (Wildman–Crippen LogP) is 7.02. The van der Waals surface area contributed by atoms with Gasteiger partial charge in [0.2, 0.25) is 11.8 Å². The largest absolute Gasteiger partial charge is 0.493 e. The summed E-state index contributed by atoms with van der Waals surface area (Å²) in [4.78, 5) is 106. The Bertz CT molecular complexity index is 4350. The molecule has 2 unspecified atom stereocenters. The molecule has 121 heavy (non-hydrogen) atoms. The van der Waals surface area contributed by atoms with Crippen molar-refractivity contribution in [3.8, 4) is 34.5 Å². The Labute approximate surface area is 711 Å². The normalized spacial score (nSPS) is 26.4. The van der Waals surface area contributed by atoms with Crippen LogP contribution in [0, 0.1) is 32.5 Å². The van der Waals surface area contributed by atoms with Crippen LogP contribution < -0.4 is 62.0 Å². The van der Waals surface area contributed by atoms with Crippen molar-refractivity contribution in [3.63, 3.8) is 0 Å². The second kappa shape index (κ2) is 35.4. The SMILES string of the molecule is COc1ccc2c3c1O[C@H]1C(OC(=O)N4CCN(CN5CCN(C(=O)OC6=CC[C@@]7(C)[C@H]8Cc9ccc(OC)c%10c9[C@@]7(CCN8C)[C@H]6O%10)C(CNC(=O)[C@H](CCCN)N(C)CCC(C)(C)C(=O)Oc6ccc(CC(=N)N)cc6)C5)CC4CNC(=O)[C@@H](CCCN)N(C)CCC(C)(C)C(=O)Oc4ccc(CC(=N)N)cc4)=CC[C@@]4(C)[C@@H](C2)N(C)CC[C@]314. The second-order valence-electron chi connectivity index (χ2n) is 37.4. The number of carbonyl (C=O) groups excluding carboxylic acids is 6. The standard InChI is InChI=1S/C91H128N16O14/c1-86(2,82(110)116-62-23-17-56(18-24-62)47-72(94)95)33-39-100(7)64(15-13-37-92)80(108)98-51-60-53-104(43-45-106(60)84(112)118-68-29-31-88(5)70-49-58-21-27-66(114-11)76-74(58)90(88,78(68)120-76)35-41-102(70)9)55-105-44-46-107(85(113)119-69-30-32-89(6)71-50-59-22-28-67(115-12)77-75(59)91(89,79(69)121-77)36-42-103(71)10)61(54-105)52-99-81(109)65(16-14-38-93)101(8)40-34-87(3,4)83(111)117-63-25-19-57(20-26-63)48-73(96)97/h17-30,60-61,64-65,70-71,78-79H,13-16,31-55,92-93H2,1-12H3,(H3,94,95)(H3,96,97)(H,98,108)(H,99,109)/t60?,61?,64-,65+,70-,71-,78+,79+,88+,89+,90+,91+/m1/s1. The van der Waals surface area contributed by atoms with Crippen LogP contribution in [0.3, 0.4) is 0 Å². The highest BCUT2D eigenvalue weighted by Gasteiger charge is 2.72. The molecule has 30 nitrogen and oxygen atoms in total. The molecule has 4 bridgehead atoms. The third-order valence-corrected chi connectivity index (χ3v) is 29.0. The molecule has 0 aromatic heterocycles. The van der Waals surface area contributed by atoms with Crippen LogP contribution in [0.4, 0.5) is 9.59 Å². The summed E-state index contributed by atoms with van der Waals surface area (Å²) in [7, 11) is 11.4. The minimum Gasteiger partial charge on any atom is -0.493 e. The maximum atomic E-state index is 15.6. The van der Waals surface area contributed by atoms with Crippen molar-refractivity contribution in [2.75, 3.05) is 141 Å². The Hall–Kier alpha value is -9.40. The molecule has 6 heterocycles. The van der Waals surface area contributed by atoms with Gasteiger partial charge in [-0.1, -0.05) is 50.2 Å². The number of nitrogens with zero attached hydrogens (tertiary/aromatic N) is 8. The average Bonchev–Trinajstić information content (AvgIpc) is 1.54. The lowest BCUT2D eigenvalue weighted by molar-refractivity contribution is -0.145. The summed E-state index contributed by atoms with van der Waals surface area (Å²) in [6.07, 6.45) is 9.52. The van der Waals surface area contributed by atoms with E-state index in [2.05, 4.69) is 82.5 Å². The smallest absolute Gasteiger partial charge is 0.415 e. The molecule has 2 spiro atoms. The van der Waals surface area contributed by atoms with E-state index in [4.69, 9.17) is 71.6 Å². The average molecular weight is 1670 g/mol. The van der Waals surface area contributed by atoms with Gasteiger partial charge < -0.3 is 91.1 Å². The summed E-state index contributed by atoms with van der Waals surface area (Å²) in [6, 6.07) is 20.0. The van der Waals surface area contributed by atoms with E-state index in [1.807, 2.05) is 63.7 Å². The third-order valence-electron chi connectivity index (χ3n) is 29.0. The summed E-state index contributed by atoms with van der Waals surface area (Å²) >= 11 is 0. The first-order chi connectivity index (χ1) is 57.7. The molecule has 30 heteroatoms. The number of hydrogen-bond donors (Lipinski definition) is 8. The molecule has 4 aromatic carbocycles. The zero-order chi connectivity index (χ0) is 86.4. The van der Waals surface area contributed by atoms with Crippen LogP contribution in [-0.2, 0) is 65.2 Å². The Balaban J connectivity index is 0.714. The fraction of sp³-hybridized carbons (Fsp3) is 0.604. The number of ether oxygens (including phenoxy) is 8. The molecule has 0 saturated carbocycles. The number of piperidine rings is 2. The summed E-state index contributed by atoms with van der Waals surface area (Å²) in [5, 5.41) is 22.0. The molecule has 14 rings (SSSR count). The number of amidine groups is 2. The van der Waals surface area contributed by atoms with Crippen LogP contribution in [0.15, 0.2) is 96.5 Å². The second-order valence-corrected chi connectivity index (χ2v) is 37.4. The molecule has 10 aliphatic rings. The fourth-order valence-corrected chi connectivity index (χ4v) is 21.7. The van der Waals surface area contributed by atoms with Gasteiger partial charge in [0.25, 0.3) is 0 Å². The van der Waals surface area contributed by atoms with Crippen LogP contribution in [0.25, 0.3) is 0 Å². The number of likely N-dealkylation sites (tertiary alicyclic amines) is 2. The van der Waals surface area contributed by atoms with Crippen LogP contribution in [-0.4, -0.2) is 276 Å². The lowest BCUT2D eigenvalue weighted by Gasteiger charge is -2.63. The van der Waals surface area contributed by atoms with Crippen molar-refractivity contribution in [1.82, 2.24) is 49.8 Å². The first-order valence-electron chi connectivity index (χ1n) is 43.3. The van der Waals surface area contributed by atoms with Gasteiger partial charge >= 0.3 is 24.1 Å². The van der Waals surface area contributed by atoms with Crippen molar-refractivity contribution >= 4 is 47.6 Å².